The van der Waals surface area contributed by atoms with E-state index in [0.29, 0.717) is 19.0 Å². The van der Waals surface area contributed by atoms with Crippen LogP contribution in [0.15, 0.2) is 35.6 Å². The second kappa shape index (κ2) is 10.9. The highest BCUT2D eigenvalue weighted by Crippen LogP contribution is 2.18. The van der Waals surface area contributed by atoms with Crippen LogP contribution in [0.4, 0.5) is 13.2 Å². The second-order valence-electron chi connectivity index (χ2n) is 5.36. The first kappa shape index (κ1) is 23.0. The number of hydrogen-bond acceptors (Lipinski definition) is 4. The number of halogens is 4. The highest BCUT2D eigenvalue weighted by molar-refractivity contribution is 14.0. The van der Waals surface area contributed by atoms with Gasteiger partial charge in [-0.3, -0.25) is 4.99 Å². The summed E-state index contributed by atoms with van der Waals surface area (Å²) in [6.07, 6.45) is -2.68. The molecule has 0 bridgehead atoms. The Kier molecular flexibility index (Phi) is 9.32. The number of aliphatic imine (C=N–C) groups is 1. The van der Waals surface area contributed by atoms with Crippen LogP contribution < -0.4 is 15.4 Å². The molecule has 0 amide bonds. The fourth-order valence-corrected chi connectivity index (χ4v) is 2.12. The zero-order valence-electron chi connectivity index (χ0n) is 15.0. The summed E-state index contributed by atoms with van der Waals surface area (Å²) < 4.78 is 43.0. The van der Waals surface area contributed by atoms with E-state index in [9.17, 15) is 13.2 Å². The Bertz CT molecular complexity index is 718. The first-order valence-electron chi connectivity index (χ1n) is 8.01. The van der Waals surface area contributed by atoms with Crippen LogP contribution in [-0.4, -0.2) is 40.6 Å². The lowest BCUT2D eigenvalue weighted by molar-refractivity contribution is -0.153. The van der Waals surface area contributed by atoms with Crippen molar-refractivity contribution in [1.82, 2.24) is 25.4 Å². The standard InChI is InChI=1S/C16H21F3N6O.HI/c1-3-25-11-23-24-14(25)9-22-15(20-2)21-8-12-4-6-13(7-5-12)26-10-16(17,18)19;/h4-7,11H,3,8-10H2,1-2H3,(H2,20,21,22);1H. The molecule has 0 atom stereocenters. The first-order chi connectivity index (χ1) is 12.4. The molecular weight excluding hydrogens is 476 g/mol. The lowest BCUT2D eigenvalue weighted by Gasteiger charge is -2.13. The van der Waals surface area contributed by atoms with Crippen LogP contribution in [0, 0.1) is 0 Å². The van der Waals surface area contributed by atoms with Crippen LogP contribution in [-0.2, 0) is 19.6 Å². The van der Waals surface area contributed by atoms with Crippen molar-refractivity contribution in [1.29, 1.82) is 0 Å². The van der Waals surface area contributed by atoms with Crippen LogP contribution in [0.3, 0.4) is 0 Å². The highest BCUT2D eigenvalue weighted by Gasteiger charge is 2.28. The highest BCUT2D eigenvalue weighted by atomic mass is 127. The minimum Gasteiger partial charge on any atom is -0.484 e. The van der Waals surface area contributed by atoms with E-state index in [-0.39, 0.29) is 29.7 Å². The fourth-order valence-electron chi connectivity index (χ4n) is 2.12. The van der Waals surface area contributed by atoms with Crippen molar-refractivity contribution in [2.24, 2.45) is 4.99 Å². The predicted octanol–water partition coefficient (Wildman–Crippen LogP) is 2.72. The van der Waals surface area contributed by atoms with Gasteiger partial charge in [-0.05, 0) is 24.6 Å². The number of guanidine groups is 1. The molecule has 2 aromatic rings. The lowest BCUT2D eigenvalue weighted by Crippen LogP contribution is -2.37. The number of nitrogens with one attached hydrogen (secondary N) is 2. The van der Waals surface area contributed by atoms with Crippen molar-refractivity contribution in [3.8, 4) is 5.75 Å². The SMILES string of the molecule is CCn1cnnc1CNC(=NC)NCc1ccc(OCC(F)(F)F)cc1.I. The smallest absolute Gasteiger partial charge is 0.422 e. The summed E-state index contributed by atoms with van der Waals surface area (Å²) in [7, 11) is 1.65. The van der Waals surface area contributed by atoms with Crippen LogP contribution >= 0.6 is 24.0 Å². The number of benzene rings is 1. The van der Waals surface area contributed by atoms with Gasteiger partial charge in [0.15, 0.2) is 18.4 Å². The van der Waals surface area contributed by atoms with Gasteiger partial charge in [-0.25, -0.2) is 0 Å². The van der Waals surface area contributed by atoms with Crippen LogP contribution in [0.25, 0.3) is 0 Å². The zero-order valence-corrected chi connectivity index (χ0v) is 17.3. The molecule has 1 heterocycles. The minimum atomic E-state index is -4.35. The number of rotatable bonds is 7. The zero-order chi connectivity index (χ0) is 19.0. The van der Waals surface area contributed by atoms with Gasteiger partial charge in [0.05, 0.1) is 6.54 Å². The largest absolute Gasteiger partial charge is 0.484 e. The third-order valence-electron chi connectivity index (χ3n) is 3.46. The predicted molar refractivity (Wildman–Crippen MR) is 106 cm³/mol. The van der Waals surface area contributed by atoms with Gasteiger partial charge in [-0.15, -0.1) is 34.2 Å². The molecule has 150 valence electrons. The van der Waals surface area contributed by atoms with E-state index < -0.39 is 12.8 Å². The van der Waals surface area contributed by atoms with Gasteiger partial charge in [0, 0.05) is 20.1 Å². The lowest BCUT2D eigenvalue weighted by atomic mass is 10.2. The summed E-state index contributed by atoms with van der Waals surface area (Å²) in [5.41, 5.74) is 0.879. The summed E-state index contributed by atoms with van der Waals surface area (Å²) in [4.78, 5) is 4.12. The maximum absolute atomic E-state index is 12.1. The van der Waals surface area contributed by atoms with Crippen molar-refractivity contribution in [2.75, 3.05) is 13.7 Å². The van der Waals surface area contributed by atoms with Gasteiger partial charge in [-0.1, -0.05) is 12.1 Å². The average Bonchev–Trinajstić information content (AvgIpc) is 3.08. The van der Waals surface area contributed by atoms with Crippen molar-refractivity contribution >= 4 is 29.9 Å². The summed E-state index contributed by atoms with van der Waals surface area (Å²) in [5, 5.41) is 14.1. The molecule has 2 N–H and O–H groups in total. The molecule has 0 unspecified atom stereocenters. The van der Waals surface area contributed by atoms with Crippen molar-refractivity contribution in [2.45, 2.75) is 32.7 Å². The topological polar surface area (TPSA) is 76.4 Å². The fraction of sp³-hybridized carbons (Fsp3) is 0.438. The van der Waals surface area contributed by atoms with Crippen LogP contribution in [0.2, 0.25) is 0 Å². The maximum atomic E-state index is 12.1. The maximum Gasteiger partial charge on any atom is 0.422 e. The molecule has 0 aliphatic heterocycles. The Balaban J connectivity index is 0.00000364. The van der Waals surface area contributed by atoms with E-state index >= 15 is 0 Å². The van der Waals surface area contributed by atoms with E-state index in [1.54, 1.807) is 25.5 Å². The van der Waals surface area contributed by atoms with Crippen molar-refractivity contribution in [3.05, 3.63) is 42.0 Å². The average molecular weight is 498 g/mol. The first-order valence-corrected chi connectivity index (χ1v) is 8.01. The van der Waals surface area contributed by atoms with E-state index in [1.165, 1.54) is 12.1 Å². The second-order valence-corrected chi connectivity index (χ2v) is 5.36. The number of ether oxygens (including phenoxy) is 1. The molecule has 0 saturated carbocycles. The molecule has 1 aromatic carbocycles. The third kappa shape index (κ3) is 8.01. The summed E-state index contributed by atoms with van der Waals surface area (Å²) in [6.45, 7) is 2.40. The van der Waals surface area contributed by atoms with Gasteiger partial charge in [0.1, 0.15) is 12.1 Å². The molecule has 2 rings (SSSR count). The van der Waals surface area contributed by atoms with Gasteiger partial charge < -0.3 is 19.9 Å². The molecule has 11 heteroatoms. The molecule has 0 fully saturated rings. The van der Waals surface area contributed by atoms with Gasteiger partial charge in [0.25, 0.3) is 0 Å². The van der Waals surface area contributed by atoms with E-state index in [1.807, 2.05) is 11.5 Å². The molecule has 0 aliphatic rings. The Morgan fingerprint density at radius 2 is 1.85 bits per heavy atom. The monoisotopic (exact) mass is 498 g/mol. The number of nitrogens with zero attached hydrogens (tertiary/aromatic N) is 4. The molecule has 0 saturated heterocycles. The Labute approximate surface area is 172 Å². The number of alkyl halides is 3. The minimum absolute atomic E-state index is 0. The molecule has 1 aromatic heterocycles. The normalized spacial score (nSPS) is 11.7. The van der Waals surface area contributed by atoms with Crippen LogP contribution in [0.5, 0.6) is 5.75 Å². The van der Waals surface area contributed by atoms with Crippen LogP contribution in [0.1, 0.15) is 18.3 Å². The molecule has 7 nitrogen and oxygen atoms in total. The summed E-state index contributed by atoms with van der Waals surface area (Å²) >= 11 is 0. The van der Waals surface area contributed by atoms with E-state index in [0.717, 1.165) is 17.9 Å². The number of aromatic nitrogens is 3. The Hall–Kier alpha value is -2.05. The Morgan fingerprint density at radius 3 is 2.44 bits per heavy atom. The summed E-state index contributed by atoms with van der Waals surface area (Å²) in [5.74, 6) is 1.54. The van der Waals surface area contributed by atoms with E-state index in [2.05, 4.69) is 30.6 Å². The van der Waals surface area contributed by atoms with Crippen molar-refractivity contribution < 1.29 is 17.9 Å². The van der Waals surface area contributed by atoms with E-state index in [4.69, 9.17) is 0 Å². The molecule has 0 spiro atoms. The molecule has 0 radical (unpaired) electrons. The summed E-state index contributed by atoms with van der Waals surface area (Å²) in [6, 6.07) is 6.39. The third-order valence-corrected chi connectivity index (χ3v) is 3.46. The quantitative estimate of drug-likeness (QED) is 0.349. The van der Waals surface area contributed by atoms with Gasteiger partial charge >= 0.3 is 6.18 Å². The van der Waals surface area contributed by atoms with Crippen molar-refractivity contribution in [3.63, 3.8) is 0 Å². The van der Waals surface area contributed by atoms with Gasteiger partial charge in [-0.2, -0.15) is 13.2 Å². The molecule has 0 aliphatic carbocycles. The number of aryl methyl sites for hydroxylation is 1. The molecular formula is C16H22F3IN6O. The van der Waals surface area contributed by atoms with Gasteiger partial charge in [0.2, 0.25) is 0 Å². The molecule has 27 heavy (non-hydrogen) atoms. The number of hydrogen-bond donors (Lipinski definition) is 2. The Morgan fingerprint density at radius 1 is 1.19 bits per heavy atom.